The molecule has 4 aromatic rings. The van der Waals surface area contributed by atoms with Gasteiger partial charge in [0.15, 0.2) is 0 Å². The number of carbonyl (C=O) groups excluding carboxylic acids is 1. The first-order chi connectivity index (χ1) is 20.3. The zero-order chi connectivity index (χ0) is 31.2. The van der Waals surface area contributed by atoms with E-state index in [0.717, 1.165) is 28.8 Å². The highest BCUT2D eigenvalue weighted by molar-refractivity contribution is 5.87. The van der Waals surface area contributed by atoms with Gasteiger partial charge in [-0.2, -0.15) is 22.0 Å². The SMILES string of the molecule is Cc1cc(N)ccc1-c1ccc(N)cc1COC(=O)/C=C/c1ccc(OC(F)(F)c2ccc(CCC(F)(F)F)cc2)cc1. The number of rotatable bonds is 10. The maximum atomic E-state index is 14.6. The Labute approximate surface area is 245 Å². The number of halogens is 5. The molecule has 0 aliphatic heterocycles. The fourth-order valence-electron chi connectivity index (χ4n) is 4.35. The number of esters is 1. The van der Waals surface area contributed by atoms with Crippen molar-refractivity contribution in [3.63, 3.8) is 0 Å². The van der Waals surface area contributed by atoms with E-state index in [2.05, 4.69) is 0 Å². The maximum Gasteiger partial charge on any atom is 0.426 e. The Morgan fingerprint density at radius 2 is 1.44 bits per heavy atom. The van der Waals surface area contributed by atoms with Crippen LogP contribution in [0.15, 0.2) is 91.0 Å². The molecule has 0 saturated carbocycles. The fourth-order valence-corrected chi connectivity index (χ4v) is 4.35. The van der Waals surface area contributed by atoms with Crippen LogP contribution in [-0.4, -0.2) is 12.1 Å². The summed E-state index contributed by atoms with van der Waals surface area (Å²) in [6.07, 6.45) is -6.70. The molecule has 4 aromatic carbocycles. The zero-order valence-corrected chi connectivity index (χ0v) is 23.1. The van der Waals surface area contributed by atoms with Crippen molar-refractivity contribution in [2.45, 2.75) is 38.7 Å². The van der Waals surface area contributed by atoms with Crippen molar-refractivity contribution < 1.29 is 36.2 Å². The average molecular weight is 597 g/mol. The van der Waals surface area contributed by atoms with E-state index >= 15 is 0 Å². The van der Waals surface area contributed by atoms with Gasteiger partial charge in [0.05, 0.1) is 5.56 Å². The molecule has 4 rings (SSSR count). The first-order valence-corrected chi connectivity index (χ1v) is 13.2. The molecule has 43 heavy (non-hydrogen) atoms. The Morgan fingerprint density at radius 1 is 0.814 bits per heavy atom. The molecule has 0 amide bonds. The lowest BCUT2D eigenvalue weighted by atomic mass is 9.95. The molecule has 10 heteroatoms. The summed E-state index contributed by atoms with van der Waals surface area (Å²) in [5.41, 5.74) is 16.8. The Kier molecular flexibility index (Phi) is 9.38. The number of nitrogen functional groups attached to an aromatic ring is 2. The van der Waals surface area contributed by atoms with E-state index < -0.39 is 30.2 Å². The minimum atomic E-state index is -4.33. The lowest BCUT2D eigenvalue weighted by molar-refractivity contribution is -0.185. The van der Waals surface area contributed by atoms with Crippen LogP contribution in [0.3, 0.4) is 0 Å². The molecule has 0 spiro atoms. The molecule has 0 unspecified atom stereocenters. The third-order valence-corrected chi connectivity index (χ3v) is 6.57. The average Bonchev–Trinajstić information content (AvgIpc) is 2.95. The molecule has 224 valence electrons. The van der Waals surface area contributed by atoms with Crippen LogP contribution in [-0.2, 0) is 28.7 Å². The molecule has 0 heterocycles. The summed E-state index contributed by atoms with van der Waals surface area (Å²) < 4.78 is 76.7. The van der Waals surface area contributed by atoms with Crippen LogP contribution >= 0.6 is 0 Å². The second-order valence-corrected chi connectivity index (χ2v) is 9.93. The van der Waals surface area contributed by atoms with Gasteiger partial charge in [-0.25, -0.2) is 4.79 Å². The van der Waals surface area contributed by atoms with Gasteiger partial charge in [0, 0.05) is 23.9 Å². The lowest BCUT2D eigenvalue weighted by Crippen LogP contribution is -2.21. The van der Waals surface area contributed by atoms with E-state index in [9.17, 15) is 26.7 Å². The van der Waals surface area contributed by atoms with E-state index in [1.807, 2.05) is 25.1 Å². The standard InChI is InChI=1S/C33H29F5N2O3/c1-21-18-26(39)9-13-29(21)30-14-10-27(40)19-24(30)20-42-31(41)15-6-22-4-11-28(12-5-22)43-33(37,38)25-7-2-23(3-8-25)16-17-32(34,35)36/h2-15,18-19H,16-17,20,39-40H2,1H3/b15-6+. The van der Waals surface area contributed by atoms with Crippen molar-refractivity contribution >= 4 is 23.4 Å². The van der Waals surface area contributed by atoms with Crippen LogP contribution in [0.25, 0.3) is 17.2 Å². The van der Waals surface area contributed by atoms with E-state index in [1.165, 1.54) is 48.6 Å². The van der Waals surface area contributed by atoms with Crippen molar-refractivity contribution in [1.29, 1.82) is 0 Å². The van der Waals surface area contributed by atoms with Gasteiger partial charge >= 0.3 is 18.3 Å². The Hall–Kier alpha value is -4.86. The first kappa shape index (κ1) is 31.1. The number of anilines is 2. The van der Waals surface area contributed by atoms with Gasteiger partial charge in [-0.15, -0.1) is 0 Å². The third kappa shape index (κ3) is 8.81. The molecule has 0 aliphatic rings. The summed E-state index contributed by atoms with van der Waals surface area (Å²) in [5, 5.41) is 0. The van der Waals surface area contributed by atoms with Gasteiger partial charge in [-0.05, 0) is 101 Å². The lowest BCUT2D eigenvalue weighted by Gasteiger charge is -2.18. The number of carbonyl (C=O) groups is 1. The van der Waals surface area contributed by atoms with E-state index in [-0.39, 0.29) is 24.3 Å². The molecule has 0 radical (unpaired) electrons. The fraction of sp³-hybridized carbons (Fsp3) is 0.182. The van der Waals surface area contributed by atoms with Crippen LogP contribution in [0.2, 0.25) is 0 Å². The number of alkyl halides is 5. The molecule has 0 atom stereocenters. The molecule has 5 nitrogen and oxygen atoms in total. The van der Waals surface area contributed by atoms with Gasteiger partial charge in [0.2, 0.25) is 0 Å². The molecule has 4 N–H and O–H groups in total. The number of hydrogen-bond donors (Lipinski definition) is 2. The smallest absolute Gasteiger partial charge is 0.426 e. The van der Waals surface area contributed by atoms with Crippen LogP contribution in [0.1, 0.15) is 34.2 Å². The molecule has 0 saturated heterocycles. The van der Waals surface area contributed by atoms with Crippen LogP contribution in [0, 0.1) is 6.92 Å². The summed E-state index contributed by atoms with van der Waals surface area (Å²) in [4.78, 5) is 12.4. The summed E-state index contributed by atoms with van der Waals surface area (Å²) >= 11 is 0. The Morgan fingerprint density at radius 3 is 2.07 bits per heavy atom. The summed E-state index contributed by atoms with van der Waals surface area (Å²) in [5.74, 6) is -0.758. The second kappa shape index (κ2) is 13.0. The van der Waals surface area contributed by atoms with Crippen molar-refractivity contribution in [3.05, 3.63) is 119 Å². The van der Waals surface area contributed by atoms with Crippen LogP contribution in [0.5, 0.6) is 5.75 Å². The normalized spacial score (nSPS) is 12.0. The summed E-state index contributed by atoms with van der Waals surface area (Å²) in [6, 6.07) is 21.0. The summed E-state index contributed by atoms with van der Waals surface area (Å²) in [6.45, 7) is 1.90. The number of hydrogen-bond acceptors (Lipinski definition) is 5. The van der Waals surface area contributed by atoms with Crippen molar-refractivity contribution in [2.75, 3.05) is 11.5 Å². The third-order valence-electron chi connectivity index (χ3n) is 6.57. The Balaban J connectivity index is 1.34. The van der Waals surface area contributed by atoms with Crippen LogP contribution < -0.4 is 16.2 Å². The van der Waals surface area contributed by atoms with E-state index in [0.29, 0.717) is 22.5 Å². The minimum absolute atomic E-state index is 0.0292. The van der Waals surface area contributed by atoms with Gasteiger partial charge < -0.3 is 20.9 Å². The highest BCUT2D eigenvalue weighted by Crippen LogP contribution is 2.33. The summed E-state index contributed by atoms with van der Waals surface area (Å²) in [7, 11) is 0. The first-order valence-electron chi connectivity index (χ1n) is 13.2. The van der Waals surface area contributed by atoms with Crippen molar-refractivity contribution in [3.8, 4) is 16.9 Å². The second-order valence-electron chi connectivity index (χ2n) is 9.93. The number of benzene rings is 4. The highest BCUT2D eigenvalue weighted by Gasteiger charge is 2.34. The van der Waals surface area contributed by atoms with Gasteiger partial charge in [-0.3, -0.25) is 0 Å². The molecule has 0 fully saturated rings. The topological polar surface area (TPSA) is 87.6 Å². The zero-order valence-electron chi connectivity index (χ0n) is 23.1. The largest absolute Gasteiger partial charge is 0.458 e. The van der Waals surface area contributed by atoms with Crippen molar-refractivity contribution in [1.82, 2.24) is 0 Å². The molecular weight excluding hydrogens is 567 g/mol. The Bertz CT molecular complexity index is 1600. The molecule has 0 aliphatic carbocycles. The monoisotopic (exact) mass is 596 g/mol. The van der Waals surface area contributed by atoms with Gasteiger partial charge in [0.1, 0.15) is 12.4 Å². The molecular formula is C33H29F5N2O3. The van der Waals surface area contributed by atoms with E-state index in [1.54, 1.807) is 18.2 Å². The maximum absolute atomic E-state index is 14.6. The highest BCUT2D eigenvalue weighted by atomic mass is 19.4. The minimum Gasteiger partial charge on any atom is -0.458 e. The number of aryl methyl sites for hydroxylation is 2. The number of nitrogens with two attached hydrogens (primary N) is 2. The number of ether oxygens (including phenoxy) is 2. The predicted molar refractivity (Wildman–Crippen MR) is 156 cm³/mol. The predicted octanol–water partition coefficient (Wildman–Crippen LogP) is 8.21. The molecule has 0 bridgehead atoms. The quantitative estimate of drug-likeness (QED) is 0.0834. The van der Waals surface area contributed by atoms with Crippen molar-refractivity contribution in [2.24, 2.45) is 0 Å². The van der Waals surface area contributed by atoms with E-state index in [4.69, 9.17) is 20.9 Å². The van der Waals surface area contributed by atoms with Crippen LogP contribution in [0.4, 0.5) is 33.3 Å². The van der Waals surface area contributed by atoms with Gasteiger partial charge in [-0.1, -0.05) is 36.4 Å². The van der Waals surface area contributed by atoms with Gasteiger partial charge in [0.25, 0.3) is 0 Å². The molecule has 0 aromatic heterocycles.